The number of nitrogens with two attached hydrogens (primary N) is 1. The van der Waals surface area contributed by atoms with Crippen LogP contribution in [-0.2, 0) is 0 Å². The molecule has 0 aliphatic carbocycles. The lowest BCUT2D eigenvalue weighted by Gasteiger charge is -2.32. The van der Waals surface area contributed by atoms with E-state index in [0.29, 0.717) is 18.9 Å². The molecule has 8 nitrogen and oxygen atoms in total. The number of hydrogen-bond acceptors (Lipinski definition) is 6. The van der Waals surface area contributed by atoms with E-state index in [1.807, 2.05) is 0 Å². The van der Waals surface area contributed by atoms with Crippen molar-refractivity contribution in [2.24, 2.45) is 0 Å². The Labute approximate surface area is 168 Å². The fraction of sp³-hybridized carbons (Fsp3) is 0.350. The van der Waals surface area contributed by atoms with Gasteiger partial charge in [0.2, 0.25) is 5.78 Å². The van der Waals surface area contributed by atoms with E-state index in [4.69, 9.17) is 10.5 Å². The SMILES string of the molecule is CNC(=O)N1CCC(Nc2ccc(C(=O)c3cc(F)ccc3OC)c(N)n2)CC1. The molecule has 4 N–H and O–H groups in total. The fourth-order valence-electron chi connectivity index (χ4n) is 3.34. The lowest BCUT2D eigenvalue weighted by molar-refractivity contribution is 0.103. The van der Waals surface area contributed by atoms with Gasteiger partial charge in [0.25, 0.3) is 0 Å². The second-order valence-corrected chi connectivity index (χ2v) is 6.76. The van der Waals surface area contributed by atoms with Crippen LogP contribution in [0.3, 0.4) is 0 Å². The Morgan fingerprint density at radius 3 is 2.55 bits per heavy atom. The topological polar surface area (TPSA) is 110 Å². The van der Waals surface area contributed by atoms with E-state index in [-0.39, 0.29) is 34.8 Å². The predicted octanol–water partition coefficient (Wildman–Crippen LogP) is 2.26. The van der Waals surface area contributed by atoms with Gasteiger partial charge in [0.1, 0.15) is 23.2 Å². The predicted molar refractivity (Wildman–Crippen MR) is 108 cm³/mol. The van der Waals surface area contributed by atoms with E-state index in [1.54, 1.807) is 24.1 Å². The number of hydrogen-bond donors (Lipinski definition) is 3. The molecular formula is C20H24FN5O3. The summed E-state index contributed by atoms with van der Waals surface area (Å²) in [6.45, 7) is 1.28. The molecule has 0 bridgehead atoms. The average molecular weight is 401 g/mol. The van der Waals surface area contributed by atoms with E-state index in [0.717, 1.165) is 18.9 Å². The molecule has 2 aromatic rings. The second-order valence-electron chi connectivity index (χ2n) is 6.76. The number of nitrogen functional groups attached to an aromatic ring is 1. The number of halogens is 1. The Bertz CT molecular complexity index is 913. The van der Waals surface area contributed by atoms with Crippen molar-refractivity contribution >= 4 is 23.5 Å². The Balaban J connectivity index is 1.70. The van der Waals surface area contributed by atoms with Crippen LogP contribution in [0.15, 0.2) is 30.3 Å². The first kappa shape index (κ1) is 20.4. The summed E-state index contributed by atoms with van der Waals surface area (Å²) in [5.74, 6) is -0.141. The number of benzene rings is 1. The quantitative estimate of drug-likeness (QED) is 0.663. The van der Waals surface area contributed by atoms with Crippen molar-refractivity contribution in [3.63, 3.8) is 0 Å². The Morgan fingerprint density at radius 1 is 1.21 bits per heavy atom. The van der Waals surface area contributed by atoms with Crippen LogP contribution in [-0.4, -0.2) is 55.0 Å². The van der Waals surface area contributed by atoms with Gasteiger partial charge in [0.15, 0.2) is 0 Å². The van der Waals surface area contributed by atoms with Crippen molar-refractivity contribution in [3.05, 3.63) is 47.3 Å². The molecule has 0 atom stereocenters. The number of carbonyl (C=O) groups is 2. The van der Waals surface area contributed by atoms with Crippen LogP contribution in [0.1, 0.15) is 28.8 Å². The minimum atomic E-state index is -0.540. The summed E-state index contributed by atoms with van der Waals surface area (Å²) in [7, 11) is 3.02. The van der Waals surface area contributed by atoms with Gasteiger partial charge >= 0.3 is 6.03 Å². The van der Waals surface area contributed by atoms with Crippen molar-refractivity contribution in [1.82, 2.24) is 15.2 Å². The first-order valence-corrected chi connectivity index (χ1v) is 9.31. The third kappa shape index (κ3) is 4.56. The van der Waals surface area contributed by atoms with Crippen LogP contribution >= 0.6 is 0 Å². The number of nitrogens with one attached hydrogen (secondary N) is 2. The molecule has 3 rings (SSSR count). The largest absolute Gasteiger partial charge is 0.496 e. The summed E-state index contributed by atoms with van der Waals surface area (Å²) in [6, 6.07) is 7.03. The minimum Gasteiger partial charge on any atom is -0.496 e. The number of urea groups is 1. The van der Waals surface area contributed by atoms with Gasteiger partial charge < -0.3 is 26.0 Å². The molecule has 1 aromatic carbocycles. The van der Waals surface area contributed by atoms with E-state index in [2.05, 4.69) is 15.6 Å². The number of piperidine rings is 1. The van der Waals surface area contributed by atoms with Crippen LogP contribution in [0, 0.1) is 5.82 Å². The molecule has 0 saturated carbocycles. The van der Waals surface area contributed by atoms with Crippen LogP contribution < -0.4 is 21.1 Å². The number of methoxy groups -OCH3 is 1. The number of carbonyl (C=O) groups excluding carboxylic acids is 2. The van der Waals surface area contributed by atoms with E-state index >= 15 is 0 Å². The van der Waals surface area contributed by atoms with Gasteiger partial charge in [-0.25, -0.2) is 14.2 Å². The smallest absolute Gasteiger partial charge is 0.317 e. The average Bonchev–Trinajstić information content (AvgIpc) is 2.73. The highest BCUT2D eigenvalue weighted by molar-refractivity contribution is 6.13. The van der Waals surface area contributed by atoms with Crippen molar-refractivity contribution in [2.75, 3.05) is 38.3 Å². The van der Waals surface area contributed by atoms with Gasteiger partial charge in [0.05, 0.1) is 18.2 Å². The van der Waals surface area contributed by atoms with Crippen molar-refractivity contribution in [3.8, 4) is 5.75 Å². The molecule has 0 spiro atoms. The minimum absolute atomic E-state index is 0.0501. The standard InChI is InChI=1S/C20H24FN5O3/c1-23-20(28)26-9-7-13(8-10-26)24-17-6-4-14(19(22)25-17)18(27)15-11-12(21)3-5-16(15)29-2/h3-6,11,13H,7-10H2,1-2H3,(H,23,28)(H3,22,24,25). The number of aromatic nitrogens is 1. The molecule has 0 unspecified atom stereocenters. The molecule has 2 amide bonds. The zero-order valence-electron chi connectivity index (χ0n) is 16.4. The van der Waals surface area contributed by atoms with Gasteiger partial charge in [-0.15, -0.1) is 0 Å². The van der Waals surface area contributed by atoms with Crippen LogP contribution in [0.5, 0.6) is 5.75 Å². The third-order valence-corrected chi connectivity index (χ3v) is 4.92. The number of amides is 2. The first-order chi connectivity index (χ1) is 13.9. The lowest BCUT2D eigenvalue weighted by atomic mass is 10.0. The van der Waals surface area contributed by atoms with Crippen molar-refractivity contribution in [2.45, 2.75) is 18.9 Å². The summed E-state index contributed by atoms with van der Waals surface area (Å²) >= 11 is 0. The molecule has 154 valence electrons. The zero-order valence-corrected chi connectivity index (χ0v) is 16.4. The number of likely N-dealkylation sites (tertiary alicyclic amines) is 1. The monoisotopic (exact) mass is 401 g/mol. The summed E-state index contributed by atoms with van der Waals surface area (Å²) in [5, 5.41) is 5.91. The number of rotatable bonds is 5. The molecule has 9 heteroatoms. The maximum Gasteiger partial charge on any atom is 0.317 e. The normalized spacial score (nSPS) is 14.4. The number of anilines is 2. The molecule has 1 aromatic heterocycles. The molecule has 1 saturated heterocycles. The van der Waals surface area contributed by atoms with Crippen molar-refractivity contribution < 1.29 is 18.7 Å². The summed E-state index contributed by atoms with van der Waals surface area (Å²) in [5.41, 5.74) is 6.27. The Hall–Kier alpha value is -3.36. The zero-order chi connectivity index (χ0) is 21.0. The van der Waals surface area contributed by atoms with Crippen LogP contribution in [0.2, 0.25) is 0 Å². The maximum absolute atomic E-state index is 13.6. The lowest BCUT2D eigenvalue weighted by Crippen LogP contribution is -2.45. The van der Waals surface area contributed by atoms with Crippen LogP contribution in [0.4, 0.5) is 20.8 Å². The van der Waals surface area contributed by atoms with Gasteiger partial charge in [-0.1, -0.05) is 0 Å². The van der Waals surface area contributed by atoms with E-state index in [1.165, 1.54) is 19.2 Å². The first-order valence-electron chi connectivity index (χ1n) is 9.31. The number of ketones is 1. The number of nitrogens with zero attached hydrogens (tertiary/aromatic N) is 2. The summed E-state index contributed by atoms with van der Waals surface area (Å²) in [6.07, 6.45) is 1.55. The van der Waals surface area contributed by atoms with Gasteiger partial charge in [-0.2, -0.15) is 0 Å². The van der Waals surface area contributed by atoms with Gasteiger partial charge in [-0.3, -0.25) is 4.79 Å². The van der Waals surface area contributed by atoms with Gasteiger partial charge in [0, 0.05) is 26.2 Å². The third-order valence-electron chi connectivity index (χ3n) is 4.92. The summed E-state index contributed by atoms with van der Waals surface area (Å²) < 4.78 is 18.7. The van der Waals surface area contributed by atoms with E-state index in [9.17, 15) is 14.0 Å². The molecule has 29 heavy (non-hydrogen) atoms. The Morgan fingerprint density at radius 2 is 1.93 bits per heavy atom. The van der Waals surface area contributed by atoms with Crippen molar-refractivity contribution in [1.29, 1.82) is 0 Å². The highest BCUT2D eigenvalue weighted by Gasteiger charge is 2.23. The highest BCUT2D eigenvalue weighted by atomic mass is 19.1. The molecular weight excluding hydrogens is 377 g/mol. The molecule has 2 heterocycles. The second kappa shape index (κ2) is 8.76. The molecule has 0 radical (unpaired) electrons. The number of pyridine rings is 1. The maximum atomic E-state index is 13.6. The van der Waals surface area contributed by atoms with Crippen LogP contribution in [0.25, 0.3) is 0 Å². The van der Waals surface area contributed by atoms with E-state index < -0.39 is 11.6 Å². The summed E-state index contributed by atoms with van der Waals surface area (Å²) in [4.78, 5) is 30.5. The molecule has 1 aliphatic heterocycles. The van der Waals surface area contributed by atoms with Gasteiger partial charge in [-0.05, 0) is 43.2 Å². The highest BCUT2D eigenvalue weighted by Crippen LogP contribution is 2.26. The molecule has 1 fully saturated rings. The fourth-order valence-corrected chi connectivity index (χ4v) is 3.34. The Kier molecular flexibility index (Phi) is 6.16. The molecule has 1 aliphatic rings. The number of ether oxygens (including phenoxy) is 1.